The number of β-amino-alcohol motifs (C(OH)–C–C–N with tert-alkyl or cyclic N) is 1. The Bertz CT molecular complexity index is 180. The zero-order valence-corrected chi connectivity index (χ0v) is 8.87. The lowest BCUT2D eigenvalue weighted by Gasteiger charge is -2.36. The fourth-order valence-electron chi connectivity index (χ4n) is 2.54. The first kappa shape index (κ1) is 10.4. The van der Waals surface area contributed by atoms with Crippen LogP contribution in [0.15, 0.2) is 0 Å². The molecule has 2 fully saturated rings. The smallest absolute Gasteiger partial charge is 0.0831 e. The van der Waals surface area contributed by atoms with Crippen molar-refractivity contribution in [1.82, 2.24) is 15.5 Å². The van der Waals surface area contributed by atoms with Crippen molar-refractivity contribution in [2.75, 3.05) is 33.2 Å². The van der Waals surface area contributed by atoms with E-state index in [1.165, 1.54) is 12.8 Å². The van der Waals surface area contributed by atoms with E-state index in [2.05, 4.69) is 15.5 Å². The van der Waals surface area contributed by atoms with E-state index in [9.17, 15) is 5.11 Å². The van der Waals surface area contributed by atoms with Gasteiger partial charge < -0.3 is 15.7 Å². The minimum atomic E-state index is -0.166. The van der Waals surface area contributed by atoms with Crippen LogP contribution in [-0.2, 0) is 0 Å². The number of hydrogen-bond donors (Lipinski definition) is 3. The Morgan fingerprint density at radius 2 is 2.00 bits per heavy atom. The van der Waals surface area contributed by atoms with Gasteiger partial charge in [0.05, 0.1) is 6.10 Å². The molecule has 0 saturated carbocycles. The maximum atomic E-state index is 9.74. The summed E-state index contributed by atoms with van der Waals surface area (Å²) in [5.74, 6) is 0. The quantitative estimate of drug-likeness (QED) is 0.534. The van der Waals surface area contributed by atoms with Gasteiger partial charge in [-0.3, -0.25) is 4.90 Å². The lowest BCUT2D eigenvalue weighted by Crippen LogP contribution is -2.50. The zero-order chi connectivity index (χ0) is 9.97. The Morgan fingerprint density at radius 1 is 1.29 bits per heavy atom. The largest absolute Gasteiger partial charge is 0.390 e. The molecule has 82 valence electrons. The van der Waals surface area contributed by atoms with Crippen molar-refractivity contribution in [2.24, 2.45) is 0 Å². The molecule has 0 aromatic rings. The van der Waals surface area contributed by atoms with Crippen molar-refractivity contribution in [3.63, 3.8) is 0 Å². The molecule has 0 spiro atoms. The minimum Gasteiger partial charge on any atom is -0.390 e. The van der Waals surface area contributed by atoms with E-state index in [1.807, 2.05) is 7.05 Å². The van der Waals surface area contributed by atoms with Crippen LogP contribution in [0, 0.1) is 0 Å². The van der Waals surface area contributed by atoms with Crippen molar-refractivity contribution >= 4 is 0 Å². The van der Waals surface area contributed by atoms with Crippen molar-refractivity contribution in [3.05, 3.63) is 0 Å². The standard InChI is InChI=1S/C10H21N3O/c1-11-8-2-4-13(5-3-8)9-6-12-7-10(9)14/h8-12,14H,2-7H2,1H3/t9-,10-/m1/s1. The molecule has 14 heavy (non-hydrogen) atoms. The average Bonchev–Trinajstić information content (AvgIpc) is 2.65. The maximum Gasteiger partial charge on any atom is 0.0831 e. The predicted molar refractivity (Wildman–Crippen MR) is 56.3 cm³/mol. The van der Waals surface area contributed by atoms with Gasteiger partial charge in [0.1, 0.15) is 0 Å². The highest BCUT2D eigenvalue weighted by atomic mass is 16.3. The van der Waals surface area contributed by atoms with Crippen LogP contribution in [0.3, 0.4) is 0 Å². The zero-order valence-electron chi connectivity index (χ0n) is 8.87. The molecular formula is C10H21N3O. The van der Waals surface area contributed by atoms with Crippen molar-refractivity contribution in [2.45, 2.75) is 31.0 Å². The van der Waals surface area contributed by atoms with Crippen LogP contribution < -0.4 is 10.6 Å². The Balaban J connectivity index is 1.82. The predicted octanol–water partition coefficient (Wildman–Crippen LogP) is -0.997. The number of nitrogens with zero attached hydrogens (tertiary/aromatic N) is 1. The Morgan fingerprint density at radius 3 is 2.50 bits per heavy atom. The summed E-state index contributed by atoms with van der Waals surface area (Å²) in [7, 11) is 2.03. The SMILES string of the molecule is CNC1CCN([C@@H]2CNC[C@H]2O)CC1. The highest BCUT2D eigenvalue weighted by molar-refractivity contribution is 4.91. The Kier molecular flexibility index (Phi) is 3.38. The van der Waals surface area contributed by atoms with Crippen LogP contribution in [-0.4, -0.2) is 61.4 Å². The van der Waals surface area contributed by atoms with Crippen molar-refractivity contribution < 1.29 is 5.11 Å². The fraction of sp³-hybridized carbons (Fsp3) is 1.00. The topological polar surface area (TPSA) is 47.5 Å². The summed E-state index contributed by atoms with van der Waals surface area (Å²) in [6, 6.07) is 1.03. The number of hydrogen-bond acceptors (Lipinski definition) is 4. The number of nitrogens with one attached hydrogen (secondary N) is 2. The lowest BCUT2D eigenvalue weighted by molar-refractivity contribution is 0.0644. The molecule has 2 rings (SSSR count). The minimum absolute atomic E-state index is 0.166. The highest BCUT2D eigenvalue weighted by Gasteiger charge is 2.32. The second kappa shape index (κ2) is 4.57. The molecule has 0 unspecified atom stereocenters. The van der Waals surface area contributed by atoms with Gasteiger partial charge in [-0.25, -0.2) is 0 Å². The molecule has 2 aliphatic heterocycles. The van der Waals surface area contributed by atoms with E-state index in [0.717, 1.165) is 26.2 Å². The molecule has 0 radical (unpaired) electrons. The second-order valence-electron chi connectivity index (χ2n) is 4.39. The second-order valence-corrected chi connectivity index (χ2v) is 4.39. The lowest BCUT2D eigenvalue weighted by atomic mass is 10.0. The monoisotopic (exact) mass is 199 g/mol. The normalized spacial score (nSPS) is 36.4. The average molecular weight is 199 g/mol. The molecule has 4 heteroatoms. The summed E-state index contributed by atoms with van der Waals surface area (Å²) in [4.78, 5) is 2.43. The number of aliphatic hydroxyl groups excluding tert-OH is 1. The van der Waals surface area contributed by atoms with E-state index in [0.29, 0.717) is 12.1 Å². The van der Waals surface area contributed by atoms with E-state index >= 15 is 0 Å². The number of rotatable bonds is 2. The van der Waals surface area contributed by atoms with Gasteiger partial charge in [0.15, 0.2) is 0 Å². The van der Waals surface area contributed by atoms with Crippen LogP contribution in [0.25, 0.3) is 0 Å². The van der Waals surface area contributed by atoms with Crippen LogP contribution in [0.4, 0.5) is 0 Å². The van der Waals surface area contributed by atoms with Gasteiger partial charge in [0.2, 0.25) is 0 Å². The van der Waals surface area contributed by atoms with E-state index in [-0.39, 0.29) is 6.10 Å². The molecule has 0 amide bonds. The van der Waals surface area contributed by atoms with Gasteiger partial charge >= 0.3 is 0 Å². The molecule has 0 aliphatic carbocycles. The molecule has 2 saturated heterocycles. The molecule has 2 aliphatic rings. The van der Waals surface area contributed by atoms with Gasteiger partial charge in [-0.1, -0.05) is 0 Å². The highest BCUT2D eigenvalue weighted by Crippen LogP contribution is 2.16. The number of aliphatic hydroxyl groups is 1. The van der Waals surface area contributed by atoms with E-state index < -0.39 is 0 Å². The van der Waals surface area contributed by atoms with Gasteiger partial charge in [-0.15, -0.1) is 0 Å². The molecule has 0 aromatic carbocycles. The summed E-state index contributed by atoms with van der Waals surface area (Å²) < 4.78 is 0. The fourth-order valence-corrected chi connectivity index (χ4v) is 2.54. The van der Waals surface area contributed by atoms with Gasteiger partial charge in [-0.2, -0.15) is 0 Å². The molecular weight excluding hydrogens is 178 g/mol. The molecule has 4 nitrogen and oxygen atoms in total. The number of likely N-dealkylation sites (tertiary alicyclic amines) is 1. The van der Waals surface area contributed by atoms with Gasteiger partial charge in [0.25, 0.3) is 0 Å². The molecule has 2 atom stereocenters. The summed E-state index contributed by atoms with van der Waals surface area (Å²) in [6.45, 7) is 3.95. The summed E-state index contributed by atoms with van der Waals surface area (Å²) >= 11 is 0. The molecule has 0 bridgehead atoms. The first-order valence-electron chi connectivity index (χ1n) is 5.61. The van der Waals surface area contributed by atoms with Crippen molar-refractivity contribution in [3.8, 4) is 0 Å². The summed E-state index contributed by atoms with van der Waals surface area (Å²) in [6.07, 6.45) is 2.25. The van der Waals surface area contributed by atoms with E-state index in [4.69, 9.17) is 0 Å². The van der Waals surface area contributed by atoms with Crippen molar-refractivity contribution in [1.29, 1.82) is 0 Å². The first-order chi connectivity index (χ1) is 6.81. The van der Waals surface area contributed by atoms with Gasteiger partial charge in [0, 0.05) is 38.3 Å². The summed E-state index contributed by atoms with van der Waals surface area (Å²) in [5, 5.41) is 16.3. The maximum absolute atomic E-state index is 9.74. The van der Waals surface area contributed by atoms with Crippen LogP contribution in [0.2, 0.25) is 0 Å². The van der Waals surface area contributed by atoms with Gasteiger partial charge in [-0.05, 0) is 19.9 Å². The third kappa shape index (κ3) is 2.08. The van der Waals surface area contributed by atoms with Crippen LogP contribution >= 0.6 is 0 Å². The van der Waals surface area contributed by atoms with Crippen LogP contribution in [0.5, 0.6) is 0 Å². The Hall–Kier alpha value is -0.160. The van der Waals surface area contributed by atoms with E-state index in [1.54, 1.807) is 0 Å². The molecule has 3 N–H and O–H groups in total. The van der Waals surface area contributed by atoms with Crippen LogP contribution in [0.1, 0.15) is 12.8 Å². The molecule has 0 aromatic heterocycles. The third-order valence-electron chi connectivity index (χ3n) is 3.56. The Labute approximate surface area is 85.7 Å². The molecule has 2 heterocycles. The third-order valence-corrected chi connectivity index (χ3v) is 3.56. The first-order valence-corrected chi connectivity index (χ1v) is 5.61. The number of piperidine rings is 1. The summed E-state index contributed by atoms with van der Waals surface area (Å²) in [5.41, 5.74) is 0.